The third-order valence-corrected chi connectivity index (χ3v) is 2.98. The number of hydrogen-bond acceptors (Lipinski definition) is 5. The number of carboxylic acid groups (broad SMARTS) is 2. The highest BCUT2D eigenvalue weighted by atomic mass is 32.2. The quantitative estimate of drug-likeness (QED) is 0.307. The fraction of sp³-hybridized carbons (Fsp3) is 0.700. The molecule has 5 N–H and O–H groups in total. The van der Waals surface area contributed by atoms with Gasteiger partial charge in [0.15, 0.2) is 0 Å². The molecule has 0 aliphatic rings. The topological polar surface area (TPSA) is 162 Å². The van der Waals surface area contributed by atoms with E-state index in [-0.39, 0.29) is 25.9 Å². The van der Waals surface area contributed by atoms with Crippen molar-refractivity contribution < 1.29 is 33.0 Å². The monoisotopic (exact) mass is 325 g/mol. The first-order valence-corrected chi connectivity index (χ1v) is 7.94. The summed E-state index contributed by atoms with van der Waals surface area (Å²) in [6, 6.07) is -2.05. The number of aliphatic carboxylic acids is 2. The van der Waals surface area contributed by atoms with Crippen LogP contribution in [0.15, 0.2) is 0 Å². The van der Waals surface area contributed by atoms with Crippen molar-refractivity contribution in [2.24, 2.45) is 0 Å². The number of carbonyl (C=O) groups excluding carboxylic acids is 1. The Morgan fingerprint density at radius 2 is 1.76 bits per heavy atom. The molecule has 0 aliphatic heterocycles. The largest absolute Gasteiger partial charge is 0.481 e. The van der Waals surface area contributed by atoms with E-state index in [1.54, 1.807) is 0 Å². The third kappa shape index (κ3) is 11.6. The number of rotatable bonds is 10. The summed E-state index contributed by atoms with van der Waals surface area (Å²) in [5.74, 6) is -2.49. The lowest BCUT2D eigenvalue weighted by Crippen LogP contribution is -2.46. The molecule has 11 heteroatoms. The van der Waals surface area contributed by atoms with Gasteiger partial charge in [-0.2, -0.15) is 0 Å². The molecule has 122 valence electrons. The molecule has 1 atom stereocenters. The molecule has 0 aromatic rings. The van der Waals surface area contributed by atoms with Crippen LogP contribution in [-0.4, -0.2) is 62.0 Å². The Hall–Kier alpha value is -1.88. The fourth-order valence-corrected chi connectivity index (χ4v) is 1.80. The molecule has 21 heavy (non-hydrogen) atoms. The Balaban J connectivity index is 3.98. The molecular weight excluding hydrogens is 306 g/mol. The zero-order valence-corrected chi connectivity index (χ0v) is 12.3. The van der Waals surface area contributed by atoms with E-state index in [9.17, 15) is 22.8 Å². The maximum Gasteiger partial charge on any atom is 0.326 e. The summed E-state index contributed by atoms with van der Waals surface area (Å²) in [5.41, 5.74) is 0. The van der Waals surface area contributed by atoms with Crippen LogP contribution in [0.2, 0.25) is 0 Å². The minimum Gasteiger partial charge on any atom is -0.481 e. The molecule has 0 aromatic carbocycles. The summed E-state index contributed by atoms with van der Waals surface area (Å²) < 4.78 is 23.7. The smallest absolute Gasteiger partial charge is 0.326 e. The lowest BCUT2D eigenvalue weighted by molar-refractivity contribution is -0.140. The standard InChI is InChI=1S/C10H19N3O7S/c1-21(19,20)12-6-2-5-11-10(18)13-7(9(16)17)3-4-8(14)15/h7,12H,2-6H2,1H3,(H,14,15)(H,16,17)(H2,11,13,18)/t7-/m0/s1. The van der Waals surface area contributed by atoms with E-state index in [1.165, 1.54) is 0 Å². The van der Waals surface area contributed by atoms with Crippen LogP contribution in [0.5, 0.6) is 0 Å². The van der Waals surface area contributed by atoms with Crippen LogP contribution < -0.4 is 15.4 Å². The summed E-state index contributed by atoms with van der Waals surface area (Å²) in [5, 5.41) is 21.8. The van der Waals surface area contributed by atoms with Crippen LogP contribution in [0.1, 0.15) is 19.3 Å². The van der Waals surface area contributed by atoms with Gasteiger partial charge in [0, 0.05) is 19.5 Å². The molecule has 0 saturated heterocycles. The van der Waals surface area contributed by atoms with Crippen molar-refractivity contribution in [2.45, 2.75) is 25.3 Å². The highest BCUT2D eigenvalue weighted by molar-refractivity contribution is 7.88. The van der Waals surface area contributed by atoms with Crippen LogP contribution in [0, 0.1) is 0 Å². The number of carboxylic acids is 2. The van der Waals surface area contributed by atoms with Gasteiger partial charge in [0.25, 0.3) is 0 Å². The first-order valence-electron chi connectivity index (χ1n) is 6.05. The first kappa shape index (κ1) is 19.1. The van der Waals surface area contributed by atoms with Crippen molar-refractivity contribution in [2.75, 3.05) is 19.3 Å². The number of sulfonamides is 1. The van der Waals surface area contributed by atoms with Gasteiger partial charge in [-0.05, 0) is 12.8 Å². The zero-order chi connectivity index (χ0) is 16.5. The van der Waals surface area contributed by atoms with E-state index in [1.807, 2.05) is 0 Å². The molecule has 0 fully saturated rings. The van der Waals surface area contributed by atoms with E-state index < -0.39 is 34.0 Å². The summed E-state index contributed by atoms with van der Waals surface area (Å²) in [4.78, 5) is 32.6. The van der Waals surface area contributed by atoms with Gasteiger partial charge in [0.2, 0.25) is 10.0 Å². The van der Waals surface area contributed by atoms with E-state index in [0.717, 1.165) is 6.26 Å². The Morgan fingerprint density at radius 3 is 2.24 bits per heavy atom. The van der Waals surface area contributed by atoms with Crippen LogP contribution in [0.25, 0.3) is 0 Å². The second kappa shape index (κ2) is 9.13. The Kier molecular flexibility index (Phi) is 8.31. The van der Waals surface area contributed by atoms with Gasteiger partial charge in [0.05, 0.1) is 6.26 Å². The van der Waals surface area contributed by atoms with Crippen molar-refractivity contribution in [1.82, 2.24) is 15.4 Å². The van der Waals surface area contributed by atoms with Crippen molar-refractivity contribution in [1.29, 1.82) is 0 Å². The van der Waals surface area contributed by atoms with E-state index in [0.29, 0.717) is 6.42 Å². The van der Waals surface area contributed by atoms with Gasteiger partial charge in [-0.1, -0.05) is 0 Å². The first-order chi connectivity index (χ1) is 9.61. The second-order valence-corrected chi connectivity index (χ2v) is 6.08. The Labute approximate surface area is 122 Å². The van der Waals surface area contributed by atoms with Gasteiger partial charge in [-0.15, -0.1) is 0 Å². The molecule has 0 heterocycles. The molecule has 0 bridgehead atoms. The number of urea groups is 1. The number of carbonyl (C=O) groups is 3. The number of hydrogen-bond donors (Lipinski definition) is 5. The molecule has 0 rings (SSSR count). The van der Waals surface area contributed by atoms with Gasteiger partial charge in [-0.3, -0.25) is 4.79 Å². The van der Waals surface area contributed by atoms with Crippen molar-refractivity contribution in [3.05, 3.63) is 0 Å². The third-order valence-electron chi connectivity index (χ3n) is 2.25. The molecule has 0 unspecified atom stereocenters. The van der Waals surface area contributed by atoms with Gasteiger partial charge in [-0.25, -0.2) is 22.7 Å². The van der Waals surface area contributed by atoms with Crippen LogP contribution in [-0.2, 0) is 19.6 Å². The molecule has 0 saturated carbocycles. The normalized spacial score (nSPS) is 12.4. The average molecular weight is 325 g/mol. The molecule has 2 amide bonds. The summed E-state index contributed by atoms with van der Waals surface area (Å²) in [7, 11) is -3.28. The highest BCUT2D eigenvalue weighted by Crippen LogP contribution is 1.97. The zero-order valence-electron chi connectivity index (χ0n) is 11.5. The molecule has 0 aromatic heterocycles. The van der Waals surface area contributed by atoms with E-state index >= 15 is 0 Å². The minimum atomic E-state index is -3.28. The molecule has 0 radical (unpaired) electrons. The molecular formula is C10H19N3O7S. The number of nitrogens with one attached hydrogen (secondary N) is 3. The predicted octanol–water partition coefficient (Wildman–Crippen LogP) is -1.46. The van der Waals surface area contributed by atoms with Crippen LogP contribution in [0.4, 0.5) is 4.79 Å². The molecule has 0 aliphatic carbocycles. The van der Waals surface area contributed by atoms with Crippen molar-refractivity contribution in [3.8, 4) is 0 Å². The van der Waals surface area contributed by atoms with E-state index in [2.05, 4.69) is 15.4 Å². The SMILES string of the molecule is CS(=O)(=O)NCCCNC(=O)N[C@@H](CCC(=O)O)C(=O)O. The molecule has 0 spiro atoms. The van der Waals surface area contributed by atoms with Crippen molar-refractivity contribution in [3.63, 3.8) is 0 Å². The summed E-state index contributed by atoms with van der Waals surface area (Å²) in [6.45, 7) is 0.278. The van der Waals surface area contributed by atoms with E-state index in [4.69, 9.17) is 10.2 Å². The maximum atomic E-state index is 11.4. The minimum absolute atomic E-state index is 0.139. The predicted molar refractivity (Wildman–Crippen MR) is 72.3 cm³/mol. The lowest BCUT2D eigenvalue weighted by atomic mass is 10.1. The Morgan fingerprint density at radius 1 is 1.14 bits per heavy atom. The van der Waals surface area contributed by atoms with Crippen LogP contribution >= 0.6 is 0 Å². The summed E-state index contributed by atoms with van der Waals surface area (Å²) in [6.07, 6.45) is 0.726. The van der Waals surface area contributed by atoms with Crippen molar-refractivity contribution >= 4 is 28.0 Å². The summed E-state index contributed by atoms with van der Waals surface area (Å²) >= 11 is 0. The average Bonchev–Trinajstić information content (AvgIpc) is 2.31. The highest BCUT2D eigenvalue weighted by Gasteiger charge is 2.20. The lowest BCUT2D eigenvalue weighted by Gasteiger charge is -2.14. The van der Waals surface area contributed by atoms with Gasteiger partial charge >= 0.3 is 18.0 Å². The Bertz CT molecular complexity index is 477. The number of amides is 2. The maximum absolute atomic E-state index is 11.4. The molecule has 10 nitrogen and oxygen atoms in total. The van der Waals surface area contributed by atoms with Gasteiger partial charge < -0.3 is 20.8 Å². The second-order valence-electron chi connectivity index (χ2n) is 4.24. The van der Waals surface area contributed by atoms with Crippen LogP contribution in [0.3, 0.4) is 0 Å². The fourth-order valence-electron chi connectivity index (χ4n) is 1.28. The van der Waals surface area contributed by atoms with Gasteiger partial charge in [0.1, 0.15) is 6.04 Å².